The SMILES string of the molecule is CC(CO)N(C)CC(=O)NC1CCCC1. The topological polar surface area (TPSA) is 52.6 Å². The van der Waals surface area contributed by atoms with Gasteiger partial charge < -0.3 is 10.4 Å². The zero-order chi connectivity index (χ0) is 11.3. The molecule has 4 nitrogen and oxygen atoms in total. The second-order valence-electron chi connectivity index (χ2n) is 4.50. The van der Waals surface area contributed by atoms with Crippen LogP contribution >= 0.6 is 0 Å². The summed E-state index contributed by atoms with van der Waals surface area (Å²) < 4.78 is 0. The van der Waals surface area contributed by atoms with Crippen LogP contribution in [0.15, 0.2) is 0 Å². The van der Waals surface area contributed by atoms with Gasteiger partial charge in [0.1, 0.15) is 0 Å². The van der Waals surface area contributed by atoms with Gasteiger partial charge in [-0.25, -0.2) is 0 Å². The smallest absolute Gasteiger partial charge is 0.234 e. The Balaban J connectivity index is 2.22. The van der Waals surface area contributed by atoms with Crippen LogP contribution in [0.2, 0.25) is 0 Å². The van der Waals surface area contributed by atoms with Gasteiger partial charge in [-0.05, 0) is 26.8 Å². The fourth-order valence-corrected chi connectivity index (χ4v) is 1.87. The first-order chi connectivity index (χ1) is 7.13. The second kappa shape index (κ2) is 6.08. The molecule has 0 saturated heterocycles. The molecule has 0 aromatic carbocycles. The third kappa shape index (κ3) is 4.18. The van der Waals surface area contributed by atoms with Crippen LogP contribution in [0, 0.1) is 0 Å². The van der Waals surface area contributed by atoms with Crippen molar-refractivity contribution in [3.8, 4) is 0 Å². The molecule has 1 saturated carbocycles. The van der Waals surface area contributed by atoms with E-state index in [1.165, 1.54) is 12.8 Å². The van der Waals surface area contributed by atoms with E-state index >= 15 is 0 Å². The van der Waals surface area contributed by atoms with Crippen molar-refractivity contribution in [3.63, 3.8) is 0 Å². The maximum absolute atomic E-state index is 11.6. The van der Waals surface area contributed by atoms with Crippen molar-refractivity contribution in [1.29, 1.82) is 0 Å². The van der Waals surface area contributed by atoms with E-state index in [4.69, 9.17) is 5.11 Å². The molecule has 4 heteroatoms. The standard InChI is InChI=1S/C11H22N2O2/c1-9(8-14)13(2)7-11(15)12-10-5-3-4-6-10/h9-10,14H,3-8H2,1-2H3,(H,12,15). The van der Waals surface area contributed by atoms with E-state index in [0.717, 1.165) is 12.8 Å². The molecule has 0 aromatic rings. The van der Waals surface area contributed by atoms with E-state index in [1.807, 2.05) is 18.9 Å². The molecule has 0 aliphatic heterocycles. The predicted molar refractivity (Wildman–Crippen MR) is 59.6 cm³/mol. The van der Waals surface area contributed by atoms with E-state index in [0.29, 0.717) is 12.6 Å². The number of likely N-dealkylation sites (N-methyl/N-ethyl adjacent to an activating group) is 1. The maximum atomic E-state index is 11.6. The number of hydrogen-bond acceptors (Lipinski definition) is 3. The second-order valence-corrected chi connectivity index (χ2v) is 4.50. The minimum Gasteiger partial charge on any atom is -0.395 e. The van der Waals surface area contributed by atoms with Crippen LogP contribution < -0.4 is 5.32 Å². The Bertz CT molecular complexity index is 203. The molecule has 2 N–H and O–H groups in total. The lowest BCUT2D eigenvalue weighted by Crippen LogP contribution is -2.43. The highest BCUT2D eigenvalue weighted by molar-refractivity contribution is 5.78. The first-order valence-electron chi connectivity index (χ1n) is 5.74. The molecule has 1 aliphatic rings. The molecular weight excluding hydrogens is 192 g/mol. The highest BCUT2D eigenvalue weighted by Gasteiger charge is 2.18. The monoisotopic (exact) mass is 214 g/mol. The molecule has 1 amide bonds. The van der Waals surface area contributed by atoms with Crippen LogP contribution in [0.4, 0.5) is 0 Å². The number of hydrogen-bond donors (Lipinski definition) is 2. The zero-order valence-corrected chi connectivity index (χ0v) is 9.70. The van der Waals surface area contributed by atoms with Crippen molar-refractivity contribution in [3.05, 3.63) is 0 Å². The summed E-state index contributed by atoms with van der Waals surface area (Å²) in [5.41, 5.74) is 0. The van der Waals surface area contributed by atoms with Crippen LogP contribution in [-0.2, 0) is 4.79 Å². The average Bonchev–Trinajstić information content (AvgIpc) is 2.68. The highest BCUT2D eigenvalue weighted by atomic mass is 16.3. The minimum atomic E-state index is 0.0410. The zero-order valence-electron chi connectivity index (χ0n) is 9.70. The van der Waals surface area contributed by atoms with Crippen LogP contribution in [0.1, 0.15) is 32.6 Å². The van der Waals surface area contributed by atoms with Crippen molar-refractivity contribution < 1.29 is 9.90 Å². The quantitative estimate of drug-likeness (QED) is 0.694. The molecule has 0 bridgehead atoms. The minimum absolute atomic E-state index is 0.0410. The molecule has 1 unspecified atom stereocenters. The molecule has 0 heterocycles. The van der Waals surface area contributed by atoms with E-state index < -0.39 is 0 Å². The summed E-state index contributed by atoms with van der Waals surface area (Å²) >= 11 is 0. The summed E-state index contributed by atoms with van der Waals surface area (Å²) in [6, 6.07) is 0.426. The number of nitrogens with one attached hydrogen (secondary N) is 1. The summed E-state index contributed by atoms with van der Waals surface area (Å²) in [6.45, 7) is 2.37. The van der Waals surface area contributed by atoms with Gasteiger partial charge in [0.15, 0.2) is 0 Å². The van der Waals surface area contributed by atoms with Gasteiger partial charge in [0, 0.05) is 12.1 Å². The molecule has 1 fully saturated rings. The van der Waals surface area contributed by atoms with Gasteiger partial charge in [0.05, 0.1) is 13.2 Å². The Morgan fingerprint density at radius 1 is 1.53 bits per heavy atom. The van der Waals surface area contributed by atoms with Gasteiger partial charge in [-0.3, -0.25) is 9.69 Å². The van der Waals surface area contributed by atoms with Crippen LogP contribution in [0.3, 0.4) is 0 Å². The molecule has 88 valence electrons. The summed E-state index contributed by atoms with van der Waals surface area (Å²) in [5.74, 6) is 0.0738. The van der Waals surface area contributed by atoms with Crippen molar-refractivity contribution in [2.45, 2.75) is 44.7 Å². The number of carbonyl (C=O) groups excluding carboxylic acids is 1. The van der Waals surface area contributed by atoms with E-state index in [-0.39, 0.29) is 18.6 Å². The van der Waals surface area contributed by atoms with Crippen molar-refractivity contribution in [2.24, 2.45) is 0 Å². The predicted octanol–water partition coefficient (Wildman–Crippen LogP) is 0.358. The van der Waals surface area contributed by atoms with Gasteiger partial charge in [0.25, 0.3) is 0 Å². The fraction of sp³-hybridized carbons (Fsp3) is 0.909. The molecule has 1 atom stereocenters. The number of nitrogens with zero attached hydrogens (tertiary/aromatic N) is 1. The largest absolute Gasteiger partial charge is 0.395 e. The molecule has 15 heavy (non-hydrogen) atoms. The Morgan fingerprint density at radius 2 is 2.13 bits per heavy atom. The molecule has 0 spiro atoms. The van der Waals surface area contributed by atoms with Gasteiger partial charge in [-0.1, -0.05) is 12.8 Å². The van der Waals surface area contributed by atoms with Crippen molar-refractivity contribution in [2.75, 3.05) is 20.2 Å². The van der Waals surface area contributed by atoms with Crippen molar-refractivity contribution in [1.82, 2.24) is 10.2 Å². The van der Waals surface area contributed by atoms with Crippen molar-refractivity contribution >= 4 is 5.91 Å². The van der Waals surface area contributed by atoms with Crippen LogP contribution in [0.5, 0.6) is 0 Å². The normalized spacial score (nSPS) is 19.5. The lowest BCUT2D eigenvalue weighted by atomic mass is 10.2. The summed E-state index contributed by atoms with van der Waals surface area (Å²) in [6.07, 6.45) is 4.69. The highest BCUT2D eigenvalue weighted by Crippen LogP contribution is 2.17. The number of amides is 1. The van der Waals surface area contributed by atoms with Crippen LogP contribution in [-0.4, -0.2) is 48.2 Å². The number of aliphatic hydroxyl groups is 1. The summed E-state index contributed by atoms with van der Waals surface area (Å²) in [7, 11) is 1.86. The van der Waals surface area contributed by atoms with Gasteiger partial charge >= 0.3 is 0 Å². The lowest BCUT2D eigenvalue weighted by Gasteiger charge is -2.23. The molecule has 1 rings (SSSR count). The summed E-state index contributed by atoms with van der Waals surface area (Å²) in [4.78, 5) is 13.5. The van der Waals surface area contributed by atoms with Gasteiger partial charge in [0.2, 0.25) is 5.91 Å². The fourth-order valence-electron chi connectivity index (χ4n) is 1.87. The Hall–Kier alpha value is -0.610. The summed E-state index contributed by atoms with van der Waals surface area (Å²) in [5, 5.41) is 12.0. The van der Waals surface area contributed by atoms with Gasteiger partial charge in [-0.2, -0.15) is 0 Å². The molecule has 1 aliphatic carbocycles. The van der Waals surface area contributed by atoms with Gasteiger partial charge in [-0.15, -0.1) is 0 Å². The number of carbonyl (C=O) groups is 1. The Morgan fingerprint density at radius 3 is 2.67 bits per heavy atom. The lowest BCUT2D eigenvalue weighted by molar-refractivity contribution is -0.123. The molecular formula is C11H22N2O2. The Kier molecular flexibility index (Phi) is 5.05. The van der Waals surface area contributed by atoms with E-state index in [1.54, 1.807) is 0 Å². The Labute approximate surface area is 91.6 Å². The van der Waals surface area contributed by atoms with E-state index in [9.17, 15) is 4.79 Å². The third-order valence-corrected chi connectivity index (χ3v) is 3.13. The van der Waals surface area contributed by atoms with E-state index in [2.05, 4.69) is 5.32 Å². The third-order valence-electron chi connectivity index (χ3n) is 3.13. The number of rotatable bonds is 5. The maximum Gasteiger partial charge on any atom is 0.234 e. The van der Waals surface area contributed by atoms with Crippen LogP contribution in [0.25, 0.3) is 0 Å². The first kappa shape index (κ1) is 12.5. The number of aliphatic hydroxyl groups excluding tert-OH is 1. The molecule has 0 radical (unpaired) electrons. The average molecular weight is 214 g/mol. The first-order valence-corrected chi connectivity index (χ1v) is 5.74. The molecule has 0 aromatic heterocycles.